The van der Waals surface area contributed by atoms with Crippen molar-refractivity contribution in [2.45, 2.75) is 24.2 Å². The van der Waals surface area contributed by atoms with Gasteiger partial charge in [-0.25, -0.2) is 4.39 Å². The van der Waals surface area contributed by atoms with E-state index < -0.39 is 11.7 Å². The lowest BCUT2D eigenvalue weighted by molar-refractivity contribution is 0.0724. The van der Waals surface area contributed by atoms with E-state index in [0.717, 1.165) is 59.1 Å². The molecule has 0 radical (unpaired) electrons. The number of carbonyl (C=O) groups is 2. The number of ether oxygens (including phenoxy) is 1. The van der Waals surface area contributed by atoms with Crippen LogP contribution in [0.2, 0.25) is 0 Å². The van der Waals surface area contributed by atoms with Crippen LogP contribution in [0.25, 0.3) is 11.1 Å². The molecule has 0 aromatic heterocycles. The first-order valence-corrected chi connectivity index (χ1v) is 15.2. The van der Waals surface area contributed by atoms with Crippen LogP contribution in [0.4, 0.5) is 15.8 Å². The predicted molar refractivity (Wildman–Crippen MR) is 171 cm³/mol. The number of hydrogen-bond donors (Lipinski definition) is 3. The van der Waals surface area contributed by atoms with Crippen molar-refractivity contribution < 1.29 is 18.7 Å². The molecular weight excluding hydrogens is 563 g/mol. The molecule has 0 saturated carbocycles. The number of rotatable bonds is 11. The van der Waals surface area contributed by atoms with Gasteiger partial charge in [0.1, 0.15) is 11.6 Å². The third-order valence-electron chi connectivity index (χ3n) is 7.25. The van der Waals surface area contributed by atoms with Crippen LogP contribution >= 0.6 is 11.9 Å². The molecule has 4 aromatic carbocycles. The molecule has 3 N–H and O–H groups in total. The highest BCUT2D eigenvalue weighted by Gasteiger charge is 2.19. The fourth-order valence-electron chi connectivity index (χ4n) is 4.98. The van der Waals surface area contributed by atoms with Gasteiger partial charge in [-0.2, -0.15) is 0 Å². The lowest BCUT2D eigenvalue weighted by atomic mass is 10.0. The van der Waals surface area contributed by atoms with Crippen molar-refractivity contribution in [3.05, 3.63) is 108 Å². The van der Waals surface area contributed by atoms with Crippen molar-refractivity contribution in [2.24, 2.45) is 0 Å². The number of methoxy groups -OCH3 is 1. The topological polar surface area (TPSA) is 82.7 Å². The second kappa shape index (κ2) is 14.6. The SMILES string of the molecule is COc1ccc(-c2cccc(C(=O)N3CCCCC3)c2)cc1SNc1cccc(NCCNC(=O)c2ccccc2F)c1. The minimum absolute atomic E-state index is 0.0314. The first kappa shape index (κ1) is 30.0. The minimum Gasteiger partial charge on any atom is -0.496 e. The summed E-state index contributed by atoms with van der Waals surface area (Å²) in [6.45, 7) is 2.46. The molecule has 2 amide bonds. The largest absolute Gasteiger partial charge is 0.496 e. The highest BCUT2D eigenvalue weighted by Crippen LogP contribution is 2.35. The quantitative estimate of drug-likeness (QED) is 0.126. The van der Waals surface area contributed by atoms with E-state index in [1.54, 1.807) is 19.2 Å². The second-order valence-corrected chi connectivity index (χ2v) is 11.1. The Balaban J connectivity index is 1.19. The molecular formula is C34H35FN4O3S. The molecule has 0 unspecified atom stereocenters. The van der Waals surface area contributed by atoms with Gasteiger partial charge in [0.05, 0.1) is 17.6 Å². The van der Waals surface area contributed by atoms with Gasteiger partial charge < -0.3 is 25.0 Å². The maximum Gasteiger partial charge on any atom is 0.254 e. The van der Waals surface area contributed by atoms with Gasteiger partial charge >= 0.3 is 0 Å². The van der Waals surface area contributed by atoms with Crippen LogP contribution in [0.1, 0.15) is 40.0 Å². The maximum absolute atomic E-state index is 13.8. The number of hydrogen-bond acceptors (Lipinski definition) is 6. The second-order valence-electron chi connectivity index (χ2n) is 10.2. The van der Waals surface area contributed by atoms with Crippen LogP contribution in [-0.2, 0) is 0 Å². The summed E-state index contributed by atoms with van der Waals surface area (Å²) < 4.78 is 22.8. The van der Waals surface area contributed by atoms with Gasteiger partial charge in [-0.1, -0.05) is 36.4 Å². The fraction of sp³-hybridized carbons (Fsp3) is 0.235. The van der Waals surface area contributed by atoms with Crippen molar-refractivity contribution in [3.8, 4) is 16.9 Å². The number of benzene rings is 4. The molecule has 0 aliphatic carbocycles. The van der Waals surface area contributed by atoms with E-state index in [-0.39, 0.29) is 11.5 Å². The van der Waals surface area contributed by atoms with Gasteiger partial charge in [0.25, 0.3) is 11.8 Å². The van der Waals surface area contributed by atoms with E-state index in [4.69, 9.17) is 4.74 Å². The molecule has 0 atom stereocenters. The lowest BCUT2D eigenvalue weighted by Gasteiger charge is -2.26. The summed E-state index contributed by atoms with van der Waals surface area (Å²) in [7, 11) is 1.65. The maximum atomic E-state index is 13.8. The first-order valence-electron chi connectivity index (χ1n) is 14.4. The summed E-state index contributed by atoms with van der Waals surface area (Å²) >= 11 is 1.44. The molecule has 0 bridgehead atoms. The summed E-state index contributed by atoms with van der Waals surface area (Å²) in [6.07, 6.45) is 3.31. The monoisotopic (exact) mass is 598 g/mol. The van der Waals surface area contributed by atoms with Crippen molar-refractivity contribution in [1.82, 2.24) is 10.2 Å². The van der Waals surface area contributed by atoms with E-state index in [1.807, 2.05) is 65.6 Å². The third-order valence-corrected chi connectivity index (χ3v) is 8.13. The van der Waals surface area contributed by atoms with E-state index in [1.165, 1.54) is 30.5 Å². The number of likely N-dealkylation sites (tertiary alicyclic amines) is 1. The summed E-state index contributed by atoms with van der Waals surface area (Å²) in [5.74, 6) is -0.153. The number of piperidine rings is 1. The highest BCUT2D eigenvalue weighted by molar-refractivity contribution is 8.00. The Labute approximate surface area is 256 Å². The molecule has 4 aromatic rings. The first-order chi connectivity index (χ1) is 21.0. The third kappa shape index (κ3) is 7.87. The van der Waals surface area contributed by atoms with Gasteiger partial charge in [0.2, 0.25) is 0 Å². The molecule has 222 valence electrons. The van der Waals surface area contributed by atoms with Crippen LogP contribution in [-0.4, -0.2) is 50.0 Å². The molecule has 9 heteroatoms. The number of anilines is 2. The molecule has 0 spiro atoms. The lowest BCUT2D eigenvalue weighted by Crippen LogP contribution is -2.35. The molecule has 1 saturated heterocycles. The van der Waals surface area contributed by atoms with E-state index in [0.29, 0.717) is 18.7 Å². The minimum atomic E-state index is -0.539. The zero-order chi connectivity index (χ0) is 30.0. The van der Waals surface area contributed by atoms with E-state index in [2.05, 4.69) is 21.4 Å². The summed E-state index contributed by atoms with van der Waals surface area (Å²) in [5, 5.41) is 6.02. The average Bonchev–Trinajstić information content (AvgIpc) is 3.06. The molecule has 1 fully saturated rings. The van der Waals surface area contributed by atoms with Crippen LogP contribution in [0.3, 0.4) is 0 Å². The molecule has 5 rings (SSSR count). The number of nitrogens with zero attached hydrogens (tertiary/aromatic N) is 1. The van der Waals surface area contributed by atoms with Crippen molar-refractivity contribution in [2.75, 3.05) is 43.3 Å². The summed E-state index contributed by atoms with van der Waals surface area (Å²) in [4.78, 5) is 28.1. The Kier molecular flexibility index (Phi) is 10.2. The Hall–Kier alpha value is -4.50. The summed E-state index contributed by atoms with van der Waals surface area (Å²) in [6, 6.07) is 27.5. The van der Waals surface area contributed by atoms with Crippen molar-refractivity contribution in [3.63, 3.8) is 0 Å². The fourth-order valence-corrected chi connectivity index (χ4v) is 5.77. The Morgan fingerprint density at radius 1 is 0.837 bits per heavy atom. The van der Waals surface area contributed by atoms with E-state index >= 15 is 0 Å². The number of carbonyl (C=O) groups excluding carboxylic acids is 2. The predicted octanol–water partition coefficient (Wildman–Crippen LogP) is 7.09. The van der Waals surface area contributed by atoms with E-state index in [9.17, 15) is 14.0 Å². The van der Waals surface area contributed by atoms with Crippen molar-refractivity contribution >= 4 is 35.1 Å². The molecule has 43 heavy (non-hydrogen) atoms. The van der Waals surface area contributed by atoms with Crippen LogP contribution in [0, 0.1) is 5.82 Å². The Bertz CT molecular complexity index is 1580. The zero-order valence-electron chi connectivity index (χ0n) is 24.1. The van der Waals surface area contributed by atoms with Gasteiger partial charge in [-0.05, 0) is 96.9 Å². The zero-order valence-corrected chi connectivity index (χ0v) is 24.9. The highest BCUT2D eigenvalue weighted by atomic mass is 32.2. The average molecular weight is 599 g/mol. The Morgan fingerprint density at radius 2 is 1.60 bits per heavy atom. The van der Waals surface area contributed by atoms with Crippen LogP contribution in [0.15, 0.2) is 95.9 Å². The number of amides is 2. The van der Waals surface area contributed by atoms with Crippen molar-refractivity contribution in [1.29, 1.82) is 0 Å². The van der Waals surface area contributed by atoms with Gasteiger partial charge in [-0.15, -0.1) is 0 Å². The number of halogens is 1. The number of nitrogens with one attached hydrogen (secondary N) is 3. The standard InChI is InChI=1S/C34H35FN4O3S/c1-42-31-16-15-25(24-9-7-10-26(21-24)34(41)39-19-5-2-6-20-39)22-32(31)43-38-28-12-8-11-27(23-28)36-17-18-37-33(40)29-13-3-4-14-30(29)35/h3-4,7-16,21-23,36,38H,2,5-6,17-20H2,1H3,(H,37,40). The Morgan fingerprint density at radius 3 is 2.42 bits per heavy atom. The van der Waals surface area contributed by atoms with Gasteiger partial charge in [0.15, 0.2) is 0 Å². The van der Waals surface area contributed by atoms with Crippen LogP contribution in [0.5, 0.6) is 5.75 Å². The van der Waals surface area contributed by atoms with Gasteiger partial charge in [-0.3, -0.25) is 9.59 Å². The molecule has 1 heterocycles. The molecule has 1 aliphatic rings. The normalized spacial score (nSPS) is 12.8. The van der Waals surface area contributed by atoms with Gasteiger partial charge in [0, 0.05) is 43.1 Å². The smallest absolute Gasteiger partial charge is 0.254 e. The molecule has 7 nitrogen and oxygen atoms in total. The summed E-state index contributed by atoms with van der Waals surface area (Å²) in [5.41, 5.74) is 4.46. The van der Waals surface area contributed by atoms with Crippen LogP contribution < -0.4 is 20.1 Å². The molecule has 1 aliphatic heterocycles.